The van der Waals surface area contributed by atoms with Crippen LogP contribution in [0.4, 0.5) is 0 Å². The monoisotopic (exact) mass is 349 g/mol. The lowest BCUT2D eigenvalue weighted by Gasteiger charge is -2.12. The number of carbonyl (C=O) groups is 2. The highest BCUT2D eigenvalue weighted by atomic mass is 32.1. The van der Waals surface area contributed by atoms with Gasteiger partial charge in [-0.15, -0.1) is 0 Å². The molecule has 0 fully saturated rings. The summed E-state index contributed by atoms with van der Waals surface area (Å²) in [6.45, 7) is 0. The minimum Gasteiger partial charge on any atom is -0.493 e. The van der Waals surface area contributed by atoms with Crippen molar-refractivity contribution in [1.82, 2.24) is 16.2 Å². The van der Waals surface area contributed by atoms with Gasteiger partial charge in [0.05, 0.1) is 20.5 Å². The Morgan fingerprint density at radius 2 is 1.79 bits per heavy atom. The Bertz CT molecular complexity index is 746. The molecule has 126 valence electrons. The molecule has 0 saturated heterocycles. The van der Waals surface area contributed by atoms with Crippen molar-refractivity contribution < 1.29 is 23.5 Å². The van der Waals surface area contributed by atoms with E-state index in [0.29, 0.717) is 17.1 Å². The fourth-order valence-corrected chi connectivity index (χ4v) is 1.91. The van der Waals surface area contributed by atoms with Crippen LogP contribution in [-0.4, -0.2) is 31.1 Å². The zero-order chi connectivity index (χ0) is 17.5. The molecule has 1 heterocycles. The van der Waals surface area contributed by atoms with Crippen LogP contribution < -0.4 is 25.6 Å². The van der Waals surface area contributed by atoms with Crippen LogP contribution >= 0.6 is 12.2 Å². The first-order valence-electron chi connectivity index (χ1n) is 6.72. The molecule has 0 atom stereocenters. The number of hydrogen-bond acceptors (Lipinski definition) is 6. The van der Waals surface area contributed by atoms with Crippen molar-refractivity contribution in [3.05, 3.63) is 47.9 Å². The number of hydrogen-bond donors (Lipinski definition) is 3. The molecule has 0 aliphatic carbocycles. The van der Waals surface area contributed by atoms with Gasteiger partial charge in [0.15, 0.2) is 22.4 Å². The molecule has 0 aliphatic rings. The SMILES string of the molecule is COc1ccc(C(=O)NNC(=S)NC(=O)c2ccco2)cc1OC. The van der Waals surface area contributed by atoms with Crippen LogP contribution in [0.5, 0.6) is 11.5 Å². The van der Waals surface area contributed by atoms with Crippen molar-refractivity contribution in [2.75, 3.05) is 14.2 Å². The highest BCUT2D eigenvalue weighted by Gasteiger charge is 2.13. The maximum atomic E-state index is 12.1. The zero-order valence-corrected chi connectivity index (χ0v) is 13.7. The number of furan rings is 1. The fraction of sp³-hybridized carbons (Fsp3) is 0.133. The van der Waals surface area contributed by atoms with E-state index in [1.165, 1.54) is 32.6 Å². The molecule has 8 nitrogen and oxygen atoms in total. The molecule has 2 amide bonds. The number of ether oxygens (including phenoxy) is 2. The molecule has 1 aromatic carbocycles. The molecule has 9 heteroatoms. The predicted molar refractivity (Wildman–Crippen MR) is 88.9 cm³/mol. The summed E-state index contributed by atoms with van der Waals surface area (Å²) in [4.78, 5) is 23.8. The van der Waals surface area contributed by atoms with Crippen molar-refractivity contribution in [3.8, 4) is 11.5 Å². The Morgan fingerprint density at radius 1 is 1.04 bits per heavy atom. The summed E-state index contributed by atoms with van der Waals surface area (Å²) in [6.07, 6.45) is 1.37. The Balaban J connectivity index is 1.90. The number of carbonyl (C=O) groups excluding carboxylic acids is 2. The molecule has 0 radical (unpaired) electrons. The van der Waals surface area contributed by atoms with Crippen LogP contribution in [0.25, 0.3) is 0 Å². The normalized spacial score (nSPS) is 9.75. The molecule has 0 bridgehead atoms. The standard InChI is InChI=1S/C15H15N3O5S/c1-21-10-6-5-9(8-12(10)22-2)13(19)17-18-15(24)16-14(20)11-4-3-7-23-11/h3-8H,1-2H3,(H,17,19)(H2,16,18,20,24). The molecule has 2 rings (SSSR count). The number of nitrogens with one attached hydrogen (secondary N) is 3. The summed E-state index contributed by atoms with van der Waals surface area (Å²) < 4.78 is 15.2. The van der Waals surface area contributed by atoms with Gasteiger partial charge < -0.3 is 13.9 Å². The molecule has 0 saturated carbocycles. The Hall–Kier alpha value is -3.07. The molecule has 0 spiro atoms. The highest BCUT2D eigenvalue weighted by molar-refractivity contribution is 7.80. The predicted octanol–water partition coefficient (Wildman–Crippen LogP) is 1.25. The van der Waals surface area contributed by atoms with Crippen LogP contribution in [-0.2, 0) is 0 Å². The molecule has 3 N–H and O–H groups in total. The van der Waals surface area contributed by atoms with Crippen LogP contribution in [0.15, 0.2) is 41.0 Å². The lowest BCUT2D eigenvalue weighted by Crippen LogP contribution is -2.48. The third kappa shape index (κ3) is 4.23. The summed E-state index contributed by atoms with van der Waals surface area (Å²) in [5.41, 5.74) is 5.11. The number of thiocarbonyl (C=S) groups is 1. The summed E-state index contributed by atoms with van der Waals surface area (Å²) in [5.74, 6) is 0.0240. The summed E-state index contributed by atoms with van der Waals surface area (Å²) in [6, 6.07) is 7.73. The van der Waals surface area contributed by atoms with E-state index in [9.17, 15) is 9.59 Å². The van der Waals surface area contributed by atoms with Crippen molar-refractivity contribution in [2.45, 2.75) is 0 Å². The van der Waals surface area contributed by atoms with E-state index in [4.69, 9.17) is 26.1 Å². The largest absolute Gasteiger partial charge is 0.493 e. The molecule has 24 heavy (non-hydrogen) atoms. The molecular weight excluding hydrogens is 334 g/mol. The van der Waals surface area contributed by atoms with Crippen LogP contribution in [0.2, 0.25) is 0 Å². The van der Waals surface area contributed by atoms with Gasteiger partial charge in [-0.05, 0) is 42.5 Å². The van der Waals surface area contributed by atoms with E-state index >= 15 is 0 Å². The first-order valence-corrected chi connectivity index (χ1v) is 7.13. The van der Waals surface area contributed by atoms with Gasteiger partial charge >= 0.3 is 0 Å². The minimum atomic E-state index is -0.530. The third-order valence-electron chi connectivity index (χ3n) is 2.91. The third-order valence-corrected chi connectivity index (χ3v) is 3.11. The number of benzene rings is 1. The van der Waals surface area contributed by atoms with Gasteiger partial charge in [0.1, 0.15) is 0 Å². The number of methoxy groups -OCH3 is 2. The van der Waals surface area contributed by atoms with Gasteiger partial charge in [-0.1, -0.05) is 0 Å². The summed E-state index contributed by atoms with van der Waals surface area (Å²) >= 11 is 4.92. The Kier molecular flexibility index (Phi) is 5.74. The number of amides is 2. The van der Waals surface area contributed by atoms with Gasteiger partial charge in [0.2, 0.25) is 0 Å². The first-order chi connectivity index (χ1) is 11.5. The topological polar surface area (TPSA) is 102 Å². The summed E-state index contributed by atoms with van der Waals surface area (Å²) in [5, 5.41) is 2.28. The zero-order valence-electron chi connectivity index (χ0n) is 12.9. The maximum Gasteiger partial charge on any atom is 0.293 e. The lowest BCUT2D eigenvalue weighted by atomic mass is 10.2. The van der Waals surface area contributed by atoms with Crippen molar-refractivity contribution in [3.63, 3.8) is 0 Å². The van der Waals surface area contributed by atoms with Crippen molar-refractivity contribution in [2.24, 2.45) is 0 Å². The maximum absolute atomic E-state index is 12.1. The molecule has 2 aromatic rings. The Labute approximate surface area is 143 Å². The van der Waals surface area contributed by atoms with Crippen molar-refractivity contribution in [1.29, 1.82) is 0 Å². The quantitative estimate of drug-likeness (QED) is 0.564. The van der Waals surface area contributed by atoms with Gasteiger partial charge in [0.25, 0.3) is 11.8 Å². The van der Waals surface area contributed by atoms with Gasteiger partial charge in [-0.3, -0.25) is 25.8 Å². The number of rotatable bonds is 4. The van der Waals surface area contributed by atoms with Gasteiger partial charge in [-0.25, -0.2) is 0 Å². The highest BCUT2D eigenvalue weighted by Crippen LogP contribution is 2.27. The molecule has 1 aromatic heterocycles. The lowest BCUT2D eigenvalue weighted by molar-refractivity contribution is 0.0926. The second-order valence-electron chi connectivity index (χ2n) is 4.41. The average Bonchev–Trinajstić information content (AvgIpc) is 3.13. The van der Waals surface area contributed by atoms with E-state index < -0.39 is 11.8 Å². The second kappa shape index (κ2) is 7.97. The Morgan fingerprint density at radius 3 is 2.42 bits per heavy atom. The van der Waals surface area contributed by atoms with Gasteiger partial charge in [-0.2, -0.15) is 0 Å². The van der Waals surface area contributed by atoms with E-state index in [1.807, 2.05) is 0 Å². The van der Waals surface area contributed by atoms with E-state index in [1.54, 1.807) is 18.2 Å². The van der Waals surface area contributed by atoms with Crippen LogP contribution in [0.1, 0.15) is 20.9 Å². The van der Waals surface area contributed by atoms with E-state index in [2.05, 4.69) is 16.2 Å². The van der Waals surface area contributed by atoms with Crippen LogP contribution in [0.3, 0.4) is 0 Å². The van der Waals surface area contributed by atoms with Gasteiger partial charge in [0, 0.05) is 5.56 Å². The number of hydrazine groups is 1. The molecule has 0 aliphatic heterocycles. The molecule has 0 unspecified atom stereocenters. The minimum absolute atomic E-state index is 0.0785. The summed E-state index contributed by atoms with van der Waals surface area (Å²) in [7, 11) is 2.97. The van der Waals surface area contributed by atoms with Crippen LogP contribution in [0, 0.1) is 0 Å². The van der Waals surface area contributed by atoms with Crippen molar-refractivity contribution >= 4 is 29.1 Å². The second-order valence-corrected chi connectivity index (χ2v) is 4.82. The fourth-order valence-electron chi connectivity index (χ4n) is 1.77. The van der Waals surface area contributed by atoms with E-state index in [-0.39, 0.29) is 10.9 Å². The smallest absolute Gasteiger partial charge is 0.293 e. The first kappa shape index (κ1) is 17.3. The van der Waals surface area contributed by atoms with E-state index in [0.717, 1.165) is 0 Å². The molecular formula is C15H15N3O5S. The average molecular weight is 349 g/mol.